The van der Waals surface area contributed by atoms with Gasteiger partial charge < -0.3 is 24.4 Å². The summed E-state index contributed by atoms with van der Waals surface area (Å²) in [5, 5.41) is 25.7. The minimum absolute atomic E-state index is 0. The number of ether oxygens (including phenoxy) is 1. The Hall–Kier alpha value is -0.200. The number of anilines is 1. The molecule has 0 heterocycles. The number of carbonyl (C=O) groups is 1. The Morgan fingerprint density at radius 1 is 0.975 bits per heavy atom. The molecule has 40 heavy (non-hydrogen) atoms. The van der Waals surface area contributed by atoms with Gasteiger partial charge in [0, 0.05) is 34.4 Å². The molecule has 0 atom stereocenters. The van der Waals surface area contributed by atoms with Crippen molar-refractivity contribution in [3.63, 3.8) is 0 Å². The first-order chi connectivity index (χ1) is 17.3. The van der Waals surface area contributed by atoms with Gasteiger partial charge in [-0.1, -0.05) is 0 Å². The fourth-order valence-corrected chi connectivity index (χ4v) is 5.28. The molecule has 0 unspecified atom stereocenters. The normalized spacial score (nSPS) is 11.1. The van der Waals surface area contributed by atoms with Crippen LogP contribution in [0.25, 0.3) is 10.8 Å². The van der Waals surface area contributed by atoms with E-state index in [9.17, 15) is 46.1 Å². The summed E-state index contributed by atoms with van der Waals surface area (Å²) < 4.78 is 80.5. The number of benzene rings is 3. The third kappa shape index (κ3) is 9.66. The number of methoxy groups -OCH3 is 1. The van der Waals surface area contributed by atoms with Crippen molar-refractivity contribution in [2.75, 3.05) is 12.4 Å². The molecule has 0 fully saturated rings. The molecular weight excluding hydrogens is 629 g/mol. The van der Waals surface area contributed by atoms with Gasteiger partial charge in [0.25, 0.3) is 11.6 Å². The summed E-state index contributed by atoms with van der Waals surface area (Å²) in [5.74, 6) is -0.998. The van der Waals surface area contributed by atoms with E-state index in [-0.39, 0.29) is 123 Å². The van der Waals surface area contributed by atoms with E-state index in [1.165, 1.54) is 19.2 Å². The van der Waals surface area contributed by atoms with Gasteiger partial charge in [-0.15, -0.1) is 0 Å². The third-order valence-corrected chi connectivity index (χ3v) is 7.11. The summed E-state index contributed by atoms with van der Waals surface area (Å²) in [5.41, 5.74) is -0.950. The molecule has 0 spiro atoms. The fourth-order valence-electron chi connectivity index (χ4n) is 3.36. The van der Waals surface area contributed by atoms with Crippen molar-refractivity contribution in [1.82, 2.24) is 0 Å². The van der Waals surface area contributed by atoms with Crippen LogP contribution in [0.5, 0.6) is 0 Å². The van der Waals surface area contributed by atoms with Crippen LogP contribution in [0.4, 0.5) is 11.4 Å². The van der Waals surface area contributed by atoms with E-state index < -0.39 is 63.0 Å². The molecule has 21 heteroatoms. The molecule has 3 rings (SSSR count). The quantitative estimate of drug-likeness (QED) is 0.0540. The molecule has 0 bridgehead atoms. The molecule has 15 nitrogen and oxygen atoms in total. The van der Waals surface area contributed by atoms with Gasteiger partial charge in [-0.2, -0.15) is 4.33 Å². The Balaban J connectivity index is 0.00000507. The van der Waals surface area contributed by atoms with Crippen molar-refractivity contribution in [2.24, 2.45) is 0 Å². The number of hydrogen-bond donors (Lipinski definition) is 1. The summed E-state index contributed by atoms with van der Waals surface area (Å²) >= 11 is 0.115. The summed E-state index contributed by atoms with van der Waals surface area (Å²) in [6, 6.07) is 6.66. The summed E-state index contributed by atoms with van der Waals surface area (Å²) in [4.78, 5) is 21.2. The van der Waals surface area contributed by atoms with E-state index in [0.29, 0.717) is 6.07 Å². The summed E-state index contributed by atoms with van der Waals surface area (Å²) in [7, 11) is -9.31. The first-order valence-corrected chi connectivity index (χ1v) is 13.1. The third-order valence-electron chi connectivity index (χ3n) is 4.80. The number of nitro benzene ring substituents is 1. The molecule has 198 valence electrons. The van der Waals surface area contributed by atoms with Crippen LogP contribution in [0.1, 0.15) is 15.9 Å². The second kappa shape index (κ2) is 16.6. The summed E-state index contributed by atoms with van der Waals surface area (Å²) in [6.07, 6.45) is 0. The van der Waals surface area contributed by atoms with E-state index >= 15 is 0 Å². The number of nitro groups is 1. The average Bonchev–Trinajstić information content (AvgIpc) is 2.81. The van der Waals surface area contributed by atoms with Crippen LogP contribution in [-0.4, -0.2) is 43.9 Å². The second-order valence-electron chi connectivity index (χ2n) is 7.07. The van der Waals surface area contributed by atoms with Crippen LogP contribution in [0.15, 0.2) is 57.2 Å². The van der Waals surface area contributed by atoms with Crippen molar-refractivity contribution in [1.29, 1.82) is 0 Å². The van der Waals surface area contributed by atoms with E-state index in [4.69, 9.17) is 4.74 Å². The minimum Gasteiger partial charge on any atom is -0.744 e. The Kier molecular flexibility index (Phi) is 16.5. The number of nitrogens with zero attached hydrogens (tertiary/aromatic N) is 1. The predicted octanol–water partition coefficient (Wildman–Crippen LogP) is -7.80. The van der Waals surface area contributed by atoms with Crippen molar-refractivity contribution in [2.45, 2.75) is 21.3 Å². The van der Waals surface area contributed by atoms with Gasteiger partial charge >= 0.3 is 88.7 Å². The first-order valence-electron chi connectivity index (χ1n) is 9.51. The van der Waals surface area contributed by atoms with Gasteiger partial charge in [0.05, 0.1) is 44.6 Å². The predicted molar refractivity (Wildman–Crippen MR) is 120 cm³/mol. The van der Waals surface area contributed by atoms with Gasteiger partial charge in [-0.3, -0.25) is 19.9 Å². The Morgan fingerprint density at radius 3 is 2.12 bits per heavy atom. The molecule has 1 N–H and O–H groups in total. The molecule has 0 aliphatic heterocycles. The zero-order valence-corrected chi connectivity index (χ0v) is 29.7. The van der Waals surface area contributed by atoms with Crippen molar-refractivity contribution >= 4 is 60.3 Å². The zero-order chi connectivity index (χ0) is 27.5. The topological polar surface area (TPSA) is 237 Å². The monoisotopic (exact) mass is 642 g/mol. The van der Waals surface area contributed by atoms with Crippen LogP contribution in [0, 0.1) is 10.1 Å². The molecule has 3 aromatic rings. The van der Waals surface area contributed by atoms with Gasteiger partial charge in [0.2, 0.25) is 0 Å². The molecule has 0 radical (unpaired) electrons. The zero-order valence-electron chi connectivity index (χ0n) is 21.2. The van der Waals surface area contributed by atoms with Crippen LogP contribution >= 0.6 is 12.0 Å². The Labute approximate surface area is 297 Å². The van der Waals surface area contributed by atoms with Crippen LogP contribution in [-0.2, 0) is 41.0 Å². The van der Waals surface area contributed by atoms with Gasteiger partial charge in [-0.25, -0.2) is 16.8 Å². The smallest absolute Gasteiger partial charge is 0.744 e. The number of rotatable bonds is 10. The van der Waals surface area contributed by atoms with E-state index in [1.54, 1.807) is 0 Å². The van der Waals surface area contributed by atoms with Crippen molar-refractivity contribution in [3.05, 3.63) is 63.7 Å². The number of amides is 1. The SMILES string of the molecule is COCc1ccc(C(=O)Nc2ccc(S(=O)(=O)[O-])c3cc(SOO[O-])cc(S(=O)(=O)[O-])c23)cc1[N+](=O)[O-].[Na+].[Na+].[Na+]. The molecule has 3 aromatic carbocycles. The molecule has 1 amide bonds. The van der Waals surface area contributed by atoms with Gasteiger partial charge in [0.1, 0.15) is 20.2 Å². The van der Waals surface area contributed by atoms with Crippen molar-refractivity contribution < 1.29 is 144 Å². The minimum atomic E-state index is -5.38. The first kappa shape index (κ1) is 39.8. The van der Waals surface area contributed by atoms with E-state index in [1.807, 2.05) is 0 Å². The maximum atomic E-state index is 12.9. The average molecular weight is 642 g/mol. The van der Waals surface area contributed by atoms with Crippen LogP contribution in [0.2, 0.25) is 0 Å². The van der Waals surface area contributed by atoms with E-state index in [2.05, 4.69) is 14.7 Å². The summed E-state index contributed by atoms with van der Waals surface area (Å²) in [6.45, 7) is -0.125. The van der Waals surface area contributed by atoms with E-state index in [0.717, 1.165) is 24.3 Å². The number of fused-ring (bicyclic) bond motifs is 1. The maximum absolute atomic E-state index is 12.9. The number of hydrogen-bond acceptors (Lipinski definition) is 14. The second-order valence-corrected chi connectivity index (χ2v) is 10.5. The molecule has 0 aliphatic rings. The number of nitrogens with one attached hydrogen (secondary N) is 1. The van der Waals surface area contributed by atoms with Crippen molar-refractivity contribution in [3.8, 4) is 0 Å². The van der Waals surface area contributed by atoms with Gasteiger partial charge in [-0.05, 0) is 36.4 Å². The standard InChI is InChI=1S/C19H16N2O13S3.3Na/c1-32-9-11-3-2-10(6-15(11)21(23)24)19(22)20-14-4-5-16(36(26,27)28)13-7-12(35-34-33-25)8-17(18(13)14)37(29,30)31;;;/h2-8,25H,9H2,1H3,(H,20,22)(H,26,27,28)(H,29,30,31);;;/q;3*+1/p-3. The molecular formula is C19H13N2Na3O13S3. The Bertz CT molecular complexity index is 1620. The van der Waals surface area contributed by atoms with Crippen LogP contribution < -0.4 is 99.2 Å². The number of carbonyl (C=O) groups excluding carboxylic acids is 1. The molecule has 0 aliphatic carbocycles. The van der Waals surface area contributed by atoms with Crippen LogP contribution in [0.3, 0.4) is 0 Å². The molecule has 0 aromatic heterocycles. The largest absolute Gasteiger partial charge is 1.00 e. The molecule has 0 saturated carbocycles. The van der Waals surface area contributed by atoms with Gasteiger partial charge in [0.15, 0.2) is 0 Å². The maximum Gasteiger partial charge on any atom is 1.00 e. The Morgan fingerprint density at radius 2 is 1.60 bits per heavy atom. The molecule has 0 saturated heterocycles. The fraction of sp³-hybridized carbons (Fsp3) is 0.105.